The average molecular weight is 251 g/mol. The highest BCUT2D eigenvalue weighted by Gasteiger charge is 2.22. The summed E-state index contributed by atoms with van der Waals surface area (Å²) in [5.74, 6) is -0.860. The SMILES string of the molecule is COCCNC(C(=O)O)c1c(C)cc(C)cc1C. The van der Waals surface area contributed by atoms with Gasteiger partial charge in [-0.3, -0.25) is 10.1 Å². The summed E-state index contributed by atoms with van der Waals surface area (Å²) in [6.45, 7) is 6.92. The van der Waals surface area contributed by atoms with E-state index in [0.29, 0.717) is 13.2 Å². The number of rotatable bonds is 6. The summed E-state index contributed by atoms with van der Waals surface area (Å²) in [6, 6.07) is 3.34. The molecule has 0 saturated carbocycles. The first kappa shape index (κ1) is 14.7. The Labute approximate surface area is 108 Å². The smallest absolute Gasteiger partial charge is 0.325 e. The summed E-state index contributed by atoms with van der Waals surface area (Å²) in [5.41, 5.74) is 4.01. The van der Waals surface area contributed by atoms with Crippen LogP contribution >= 0.6 is 0 Å². The van der Waals surface area contributed by atoms with Crippen LogP contribution in [0.4, 0.5) is 0 Å². The Hall–Kier alpha value is -1.39. The minimum Gasteiger partial charge on any atom is -0.480 e. The Bertz CT molecular complexity index is 406. The third-order valence-corrected chi connectivity index (χ3v) is 2.93. The van der Waals surface area contributed by atoms with E-state index in [2.05, 4.69) is 5.32 Å². The Morgan fingerprint density at radius 3 is 2.33 bits per heavy atom. The van der Waals surface area contributed by atoms with Crippen molar-refractivity contribution in [1.82, 2.24) is 5.32 Å². The van der Waals surface area contributed by atoms with Crippen molar-refractivity contribution in [3.8, 4) is 0 Å². The second-order valence-electron chi connectivity index (χ2n) is 4.53. The molecule has 100 valence electrons. The molecule has 0 bridgehead atoms. The minimum absolute atomic E-state index is 0.494. The Morgan fingerprint density at radius 2 is 1.89 bits per heavy atom. The van der Waals surface area contributed by atoms with Gasteiger partial charge in [0.1, 0.15) is 6.04 Å². The fourth-order valence-electron chi connectivity index (χ4n) is 2.26. The number of benzene rings is 1. The molecule has 1 aromatic carbocycles. The van der Waals surface area contributed by atoms with Crippen LogP contribution in [0.5, 0.6) is 0 Å². The van der Waals surface area contributed by atoms with Gasteiger partial charge in [-0.15, -0.1) is 0 Å². The topological polar surface area (TPSA) is 58.6 Å². The van der Waals surface area contributed by atoms with Crippen LogP contribution in [0, 0.1) is 20.8 Å². The first-order chi connectivity index (χ1) is 8.47. The molecule has 0 aromatic heterocycles. The summed E-state index contributed by atoms with van der Waals surface area (Å²) in [5, 5.41) is 12.4. The fourth-order valence-corrected chi connectivity index (χ4v) is 2.26. The van der Waals surface area contributed by atoms with Gasteiger partial charge in [0, 0.05) is 13.7 Å². The molecule has 0 heterocycles. The summed E-state index contributed by atoms with van der Waals surface area (Å²) < 4.78 is 4.93. The third kappa shape index (κ3) is 3.55. The molecule has 0 amide bonds. The predicted octanol–water partition coefficient (Wildman–Crippen LogP) is 1.97. The molecule has 18 heavy (non-hydrogen) atoms. The van der Waals surface area contributed by atoms with Crippen molar-refractivity contribution in [1.29, 1.82) is 0 Å². The second-order valence-corrected chi connectivity index (χ2v) is 4.53. The van der Waals surface area contributed by atoms with E-state index in [1.807, 2.05) is 32.9 Å². The third-order valence-electron chi connectivity index (χ3n) is 2.93. The van der Waals surface area contributed by atoms with Crippen LogP contribution < -0.4 is 5.32 Å². The summed E-state index contributed by atoms with van der Waals surface area (Å²) in [4.78, 5) is 11.4. The monoisotopic (exact) mass is 251 g/mol. The molecule has 4 nitrogen and oxygen atoms in total. The van der Waals surface area contributed by atoms with E-state index >= 15 is 0 Å². The van der Waals surface area contributed by atoms with Crippen molar-refractivity contribution in [2.24, 2.45) is 0 Å². The van der Waals surface area contributed by atoms with Crippen molar-refractivity contribution in [2.45, 2.75) is 26.8 Å². The summed E-state index contributed by atoms with van der Waals surface area (Å²) in [6.07, 6.45) is 0. The molecule has 1 atom stereocenters. The first-order valence-corrected chi connectivity index (χ1v) is 6.00. The van der Waals surface area contributed by atoms with Crippen molar-refractivity contribution in [2.75, 3.05) is 20.3 Å². The molecule has 1 aromatic rings. The van der Waals surface area contributed by atoms with E-state index in [4.69, 9.17) is 4.74 Å². The maximum atomic E-state index is 11.4. The molecule has 0 aliphatic carbocycles. The highest BCUT2D eigenvalue weighted by Crippen LogP contribution is 2.23. The second kappa shape index (κ2) is 6.52. The lowest BCUT2D eigenvalue weighted by atomic mass is 9.94. The van der Waals surface area contributed by atoms with Gasteiger partial charge in [-0.2, -0.15) is 0 Å². The fraction of sp³-hybridized carbons (Fsp3) is 0.500. The highest BCUT2D eigenvalue weighted by atomic mass is 16.5. The van der Waals surface area contributed by atoms with Gasteiger partial charge in [0.05, 0.1) is 6.61 Å². The van der Waals surface area contributed by atoms with Crippen LogP contribution in [0.2, 0.25) is 0 Å². The van der Waals surface area contributed by atoms with Crippen LogP contribution in [-0.4, -0.2) is 31.3 Å². The van der Waals surface area contributed by atoms with Gasteiger partial charge >= 0.3 is 5.97 Å². The average Bonchev–Trinajstić information content (AvgIpc) is 2.25. The van der Waals surface area contributed by atoms with E-state index in [1.54, 1.807) is 7.11 Å². The number of carboxylic acids is 1. The predicted molar refractivity (Wildman–Crippen MR) is 70.9 cm³/mol. The van der Waals surface area contributed by atoms with E-state index in [9.17, 15) is 9.90 Å². The number of aryl methyl sites for hydroxylation is 3. The van der Waals surface area contributed by atoms with Gasteiger partial charge in [-0.1, -0.05) is 17.7 Å². The van der Waals surface area contributed by atoms with E-state index < -0.39 is 12.0 Å². The molecule has 1 rings (SSSR count). The van der Waals surface area contributed by atoms with Crippen LogP contribution in [0.3, 0.4) is 0 Å². The van der Waals surface area contributed by atoms with Crippen LogP contribution in [-0.2, 0) is 9.53 Å². The Balaban J connectivity index is 3.02. The number of aliphatic carboxylic acids is 1. The number of hydrogen-bond donors (Lipinski definition) is 2. The Kier molecular flexibility index (Phi) is 5.31. The van der Waals surface area contributed by atoms with Crippen molar-refractivity contribution >= 4 is 5.97 Å². The van der Waals surface area contributed by atoms with Crippen molar-refractivity contribution in [3.05, 3.63) is 34.4 Å². The number of ether oxygens (including phenoxy) is 1. The van der Waals surface area contributed by atoms with Gasteiger partial charge < -0.3 is 9.84 Å². The van der Waals surface area contributed by atoms with Crippen LogP contribution in [0.1, 0.15) is 28.3 Å². The first-order valence-electron chi connectivity index (χ1n) is 6.00. The molecule has 0 fully saturated rings. The molecule has 0 radical (unpaired) electrons. The normalized spacial score (nSPS) is 12.4. The van der Waals surface area contributed by atoms with Gasteiger partial charge in [0.2, 0.25) is 0 Å². The van der Waals surface area contributed by atoms with Gasteiger partial charge in [-0.05, 0) is 37.5 Å². The van der Waals surface area contributed by atoms with Crippen molar-refractivity contribution < 1.29 is 14.6 Å². The van der Waals surface area contributed by atoms with Crippen molar-refractivity contribution in [3.63, 3.8) is 0 Å². The van der Waals surface area contributed by atoms with Crippen LogP contribution in [0.15, 0.2) is 12.1 Å². The lowest BCUT2D eigenvalue weighted by Crippen LogP contribution is -2.32. The molecule has 0 saturated heterocycles. The van der Waals surface area contributed by atoms with Gasteiger partial charge in [0.15, 0.2) is 0 Å². The zero-order valence-corrected chi connectivity index (χ0v) is 11.4. The van der Waals surface area contributed by atoms with Crippen LogP contribution in [0.25, 0.3) is 0 Å². The molecule has 4 heteroatoms. The van der Waals surface area contributed by atoms with Gasteiger partial charge in [0.25, 0.3) is 0 Å². The lowest BCUT2D eigenvalue weighted by Gasteiger charge is -2.20. The molecule has 0 spiro atoms. The number of methoxy groups -OCH3 is 1. The molecule has 1 unspecified atom stereocenters. The number of carboxylic acid groups (broad SMARTS) is 1. The molecule has 0 aliphatic heterocycles. The zero-order valence-electron chi connectivity index (χ0n) is 11.4. The van der Waals surface area contributed by atoms with E-state index in [1.165, 1.54) is 0 Å². The lowest BCUT2D eigenvalue weighted by molar-refractivity contribution is -0.139. The highest BCUT2D eigenvalue weighted by molar-refractivity contribution is 5.76. The van der Waals surface area contributed by atoms with Gasteiger partial charge in [-0.25, -0.2) is 0 Å². The molecular formula is C14H21NO3. The molecule has 0 aliphatic rings. The summed E-state index contributed by atoms with van der Waals surface area (Å²) >= 11 is 0. The largest absolute Gasteiger partial charge is 0.480 e. The number of hydrogen-bond acceptors (Lipinski definition) is 3. The number of carbonyl (C=O) groups is 1. The molecular weight excluding hydrogens is 230 g/mol. The summed E-state index contributed by atoms with van der Waals surface area (Å²) in [7, 11) is 1.60. The maximum Gasteiger partial charge on any atom is 0.325 e. The standard InChI is InChI=1S/C14H21NO3/c1-9-7-10(2)12(11(3)8-9)13(14(16)17)15-5-6-18-4/h7-8,13,15H,5-6H2,1-4H3,(H,16,17). The Morgan fingerprint density at radius 1 is 1.33 bits per heavy atom. The number of nitrogens with one attached hydrogen (secondary N) is 1. The zero-order chi connectivity index (χ0) is 13.7. The van der Waals surface area contributed by atoms with E-state index in [0.717, 1.165) is 22.3 Å². The van der Waals surface area contributed by atoms with E-state index in [-0.39, 0.29) is 0 Å². The molecule has 2 N–H and O–H groups in total. The quantitative estimate of drug-likeness (QED) is 0.759. The minimum atomic E-state index is -0.860. The maximum absolute atomic E-state index is 11.4.